The zero-order valence-corrected chi connectivity index (χ0v) is 13.3. The average molecular weight is 291 g/mol. The van der Waals surface area contributed by atoms with Crippen molar-refractivity contribution in [2.24, 2.45) is 0 Å². The van der Waals surface area contributed by atoms with E-state index >= 15 is 0 Å². The second kappa shape index (κ2) is 6.33. The largest absolute Gasteiger partial charge is 0.444 e. The van der Waals surface area contributed by atoms with Crippen LogP contribution in [0.2, 0.25) is 0 Å². The molecule has 0 spiro atoms. The molecule has 0 aliphatic carbocycles. The van der Waals surface area contributed by atoms with Gasteiger partial charge in [-0.2, -0.15) is 0 Å². The van der Waals surface area contributed by atoms with Gasteiger partial charge in [-0.1, -0.05) is 6.07 Å². The van der Waals surface area contributed by atoms with Gasteiger partial charge in [0, 0.05) is 25.3 Å². The molecule has 1 unspecified atom stereocenters. The molecule has 5 heteroatoms. The minimum atomic E-state index is -0.448. The van der Waals surface area contributed by atoms with E-state index < -0.39 is 5.60 Å². The third kappa shape index (κ3) is 4.92. The molecule has 2 heterocycles. The highest BCUT2D eigenvalue weighted by atomic mass is 16.6. The van der Waals surface area contributed by atoms with Gasteiger partial charge in [0.05, 0.1) is 0 Å². The van der Waals surface area contributed by atoms with E-state index in [0.29, 0.717) is 6.54 Å². The molecule has 0 saturated carbocycles. The molecule has 2 rings (SSSR count). The molecular formula is C16H25N3O2. The van der Waals surface area contributed by atoms with Crippen LogP contribution in [0.4, 0.5) is 10.6 Å². The highest BCUT2D eigenvalue weighted by Crippen LogP contribution is 2.18. The fraction of sp³-hybridized carbons (Fsp3) is 0.625. The SMILES string of the molecule is Cc1ccc(NC2CCCN(C(=O)OC(C)(C)C)C2)nc1. The van der Waals surface area contributed by atoms with Gasteiger partial charge in [-0.15, -0.1) is 0 Å². The van der Waals surface area contributed by atoms with E-state index in [4.69, 9.17) is 4.74 Å². The Labute approximate surface area is 126 Å². The molecule has 1 aromatic rings. The van der Waals surface area contributed by atoms with Crippen molar-refractivity contribution in [2.45, 2.75) is 52.2 Å². The molecule has 116 valence electrons. The molecule has 1 fully saturated rings. The fourth-order valence-electron chi connectivity index (χ4n) is 2.35. The van der Waals surface area contributed by atoms with E-state index in [2.05, 4.69) is 10.3 Å². The molecule has 0 bridgehead atoms. The number of hydrogen-bond acceptors (Lipinski definition) is 4. The third-order valence-corrected chi connectivity index (χ3v) is 3.34. The van der Waals surface area contributed by atoms with Crippen LogP contribution in [-0.4, -0.2) is 40.7 Å². The number of hydrogen-bond donors (Lipinski definition) is 1. The number of carbonyl (C=O) groups is 1. The number of aryl methyl sites for hydroxylation is 1. The van der Waals surface area contributed by atoms with Crippen molar-refractivity contribution >= 4 is 11.9 Å². The Morgan fingerprint density at radius 2 is 2.19 bits per heavy atom. The predicted molar refractivity (Wildman–Crippen MR) is 83.4 cm³/mol. The van der Waals surface area contributed by atoms with Crippen LogP contribution in [0.3, 0.4) is 0 Å². The molecule has 1 N–H and O–H groups in total. The van der Waals surface area contributed by atoms with E-state index in [1.165, 1.54) is 0 Å². The molecule has 0 aromatic carbocycles. The van der Waals surface area contributed by atoms with Crippen molar-refractivity contribution in [1.29, 1.82) is 0 Å². The van der Waals surface area contributed by atoms with Crippen LogP contribution < -0.4 is 5.32 Å². The highest BCUT2D eigenvalue weighted by Gasteiger charge is 2.27. The minimum Gasteiger partial charge on any atom is -0.444 e. The molecule has 1 aliphatic heterocycles. The van der Waals surface area contributed by atoms with Gasteiger partial charge >= 0.3 is 6.09 Å². The summed E-state index contributed by atoms with van der Waals surface area (Å²) < 4.78 is 5.44. The van der Waals surface area contributed by atoms with E-state index in [-0.39, 0.29) is 12.1 Å². The number of rotatable bonds is 2. The zero-order valence-electron chi connectivity index (χ0n) is 13.3. The van der Waals surface area contributed by atoms with Gasteiger partial charge in [0.1, 0.15) is 11.4 Å². The number of likely N-dealkylation sites (tertiary alicyclic amines) is 1. The summed E-state index contributed by atoms with van der Waals surface area (Å²) >= 11 is 0. The summed E-state index contributed by atoms with van der Waals surface area (Å²) in [6, 6.07) is 4.23. The predicted octanol–water partition coefficient (Wildman–Crippen LogP) is 3.20. The summed E-state index contributed by atoms with van der Waals surface area (Å²) in [5.74, 6) is 0.858. The Kier molecular flexibility index (Phi) is 4.70. The summed E-state index contributed by atoms with van der Waals surface area (Å²) in [5.41, 5.74) is 0.690. The van der Waals surface area contributed by atoms with E-state index in [1.807, 2.05) is 46.0 Å². The fourth-order valence-corrected chi connectivity index (χ4v) is 2.35. The molecule has 1 atom stereocenters. The maximum atomic E-state index is 12.1. The molecular weight excluding hydrogens is 266 g/mol. The zero-order chi connectivity index (χ0) is 15.5. The van der Waals surface area contributed by atoms with Gasteiger partial charge in [-0.25, -0.2) is 9.78 Å². The summed E-state index contributed by atoms with van der Waals surface area (Å²) in [6.45, 7) is 9.10. The summed E-state index contributed by atoms with van der Waals surface area (Å²) in [5, 5.41) is 3.40. The first-order valence-electron chi connectivity index (χ1n) is 7.50. The van der Waals surface area contributed by atoms with Crippen LogP contribution >= 0.6 is 0 Å². The lowest BCUT2D eigenvalue weighted by atomic mass is 10.1. The van der Waals surface area contributed by atoms with E-state index in [0.717, 1.165) is 30.8 Å². The number of pyridine rings is 1. The molecule has 1 saturated heterocycles. The minimum absolute atomic E-state index is 0.224. The van der Waals surface area contributed by atoms with Crippen LogP contribution in [0, 0.1) is 6.92 Å². The Hall–Kier alpha value is -1.78. The van der Waals surface area contributed by atoms with Gasteiger partial charge < -0.3 is 15.0 Å². The van der Waals surface area contributed by atoms with Crippen molar-refractivity contribution in [3.8, 4) is 0 Å². The quantitative estimate of drug-likeness (QED) is 0.909. The molecule has 1 aromatic heterocycles. The van der Waals surface area contributed by atoms with Gasteiger partial charge in [-0.05, 0) is 52.2 Å². The lowest BCUT2D eigenvalue weighted by molar-refractivity contribution is 0.0206. The Morgan fingerprint density at radius 3 is 2.81 bits per heavy atom. The maximum absolute atomic E-state index is 12.1. The smallest absolute Gasteiger partial charge is 0.410 e. The van der Waals surface area contributed by atoms with Crippen molar-refractivity contribution in [3.05, 3.63) is 23.9 Å². The van der Waals surface area contributed by atoms with Crippen LogP contribution in [-0.2, 0) is 4.74 Å². The molecule has 1 aliphatic rings. The topological polar surface area (TPSA) is 54.5 Å². The van der Waals surface area contributed by atoms with Crippen LogP contribution in [0.5, 0.6) is 0 Å². The third-order valence-electron chi connectivity index (χ3n) is 3.34. The van der Waals surface area contributed by atoms with Crippen LogP contribution in [0.25, 0.3) is 0 Å². The lowest BCUT2D eigenvalue weighted by Gasteiger charge is -2.34. The number of nitrogens with one attached hydrogen (secondary N) is 1. The maximum Gasteiger partial charge on any atom is 0.410 e. The summed E-state index contributed by atoms with van der Waals surface area (Å²) in [7, 11) is 0. The molecule has 0 radical (unpaired) electrons. The first-order valence-corrected chi connectivity index (χ1v) is 7.50. The lowest BCUT2D eigenvalue weighted by Crippen LogP contribution is -2.47. The van der Waals surface area contributed by atoms with Crippen molar-refractivity contribution < 1.29 is 9.53 Å². The van der Waals surface area contributed by atoms with E-state index in [9.17, 15) is 4.79 Å². The highest BCUT2D eigenvalue weighted by molar-refractivity contribution is 5.68. The van der Waals surface area contributed by atoms with Crippen molar-refractivity contribution in [3.63, 3.8) is 0 Å². The first-order chi connectivity index (χ1) is 9.83. The number of amides is 1. The summed E-state index contributed by atoms with van der Waals surface area (Å²) in [6.07, 6.45) is 3.62. The average Bonchev–Trinajstić information content (AvgIpc) is 2.40. The first kappa shape index (κ1) is 15.6. The number of aromatic nitrogens is 1. The number of anilines is 1. The monoisotopic (exact) mass is 291 g/mol. The van der Waals surface area contributed by atoms with Gasteiger partial charge in [0.15, 0.2) is 0 Å². The Bertz CT molecular complexity index is 479. The molecule has 1 amide bonds. The van der Waals surface area contributed by atoms with Gasteiger partial charge in [-0.3, -0.25) is 0 Å². The number of carbonyl (C=O) groups excluding carboxylic acids is 1. The van der Waals surface area contributed by atoms with Crippen LogP contribution in [0.15, 0.2) is 18.3 Å². The number of ether oxygens (including phenoxy) is 1. The number of nitrogens with zero attached hydrogens (tertiary/aromatic N) is 2. The number of piperidine rings is 1. The van der Waals surface area contributed by atoms with Crippen molar-refractivity contribution in [2.75, 3.05) is 18.4 Å². The molecule has 5 nitrogen and oxygen atoms in total. The standard InChI is InChI=1S/C16H25N3O2/c1-12-7-8-14(17-10-12)18-13-6-5-9-19(11-13)15(20)21-16(2,3)4/h7-8,10,13H,5-6,9,11H2,1-4H3,(H,17,18). The second-order valence-electron chi connectivity index (χ2n) is 6.63. The van der Waals surface area contributed by atoms with Crippen LogP contribution in [0.1, 0.15) is 39.2 Å². The molecule has 21 heavy (non-hydrogen) atoms. The van der Waals surface area contributed by atoms with E-state index in [1.54, 1.807) is 4.90 Å². The summed E-state index contributed by atoms with van der Waals surface area (Å²) in [4.78, 5) is 18.3. The van der Waals surface area contributed by atoms with Crippen molar-refractivity contribution in [1.82, 2.24) is 9.88 Å². The Morgan fingerprint density at radius 1 is 1.43 bits per heavy atom. The normalized spacial score (nSPS) is 19.2. The second-order valence-corrected chi connectivity index (χ2v) is 6.63. The van der Waals surface area contributed by atoms with Gasteiger partial charge in [0.2, 0.25) is 0 Å². The Balaban J connectivity index is 1.91. The van der Waals surface area contributed by atoms with Gasteiger partial charge in [0.25, 0.3) is 0 Å².